The molecule has 2 atom stereocenters. The van der Waals surface area contributed by atoms with Crippen LogP contribution >= 0.6 is 11.8 Å². The maximum atomic E-state index is 6.61. The second-order valence-electron chi connectivity index (χ2n) is 7.06. The van der Waals surface area contributed by atoms with Crippen LogP contribution in [0.15, 0.2) is 47.9 Å². The Balaban J connectivity index is 2.01. The zero-order chi connectivity index (χ0) is 22.4. The predicted octanol–water partition coefficient (Wildman–Crippen LogP) is 5.35. The summed E-state index contributed by atoms with van der Waals surface area (Å²) in [6.45, 7) is 4.17. The summed E-state index contributed by atoms with van der Waals surface area (Å²) in [4.78, 5) is 1.08. The molecule has 0 amide bonds. The summed E-state index contributed by atoms with van der Waals surface area (Å²) in [7, 11) is 6.46. The standard InChI is InChI=1S/C24H30O6S/c1-7-10-29-24(17-13-18(25-2)15-19(14-17)31-6)9-8-20(30-24)16-11-21(26-3)23(28-5)22(12-16)27-4/h7,11-15,20H,1,8-10H2,2-6H3. The second-order valence-corrected chi connectivity index (χ2v) is 7.94. The first kappa shape index (κ1) is 23.3. The SMILES string of the molecule is C=CCOC1(c2cc(OC)cc(SC)c2)CCC(c2cc(OC)c(OC)c(OC)c2)O1. The zero-order valence-electron chi connectivity index (χ0n) is 18.7. The van der Waals surface area contributed by atoms with Gasteiger partial charge in [-0.3, -0.25) is 0 Å². The van der Waals surface area contributed by atoms with Crippen LogP contribution < -0.4 is 18.9 Å². The maximum Gasteiger partial charge on any atom is 0.203 e. The molecule has 2 aromatic carbocycles. The van der Waals surface area contributed by atoms with Gasteiger partial charge >= 0.3 is 0 Å². The Hall–Kier alpha value is -2.35. The van der Waals surface area contributed by atoms with Gasteiger partial charge in [-0.05, 0) is 48.6 Å². The largest absolute Gasteiger partial charge is 0.497 e. The van der Waals surface area contributed by atoms with Gasteiger partial charge in [0.15, 0.2) is 17.3 Å². The Morgan fingerprint density at radius 3 is 2.29 bits per heavy atom. The third kappa shape index (κ3) is 4.79. The van der Waals surface area contributed by atoms with Crippen molar-refractivity contribution in [3.05, 3.63) is 54.1 Å². The van der Waals surface area contributed by atoms with Crippen molar-refractivity contribution in [1.29, 1.82) is 0 Å². The van der Waals surface area contributed by atoms with Crippen LogP contribution in [0.4, 0.5) is 0 Å². The van der Waals surface area contributed by atoms with Crippen molar-refractivity contribution in [2.75, 3.05) is 41.3 Å². The lowest BCUT2D eigenvalue weighted by Gasteiger charge is -2.31. The van der Waals surface area contributed by atoms with Gasteiger partial charge in [0.05, 0.1) is 41.2 Å². The van der Waals surface area contributed by atoms with E-state index in [0.29, 0.717) is 30.3 Å². The van der Waals surface area contributed by atoms with E-state index < -0.39 is 5.79 Å². The molecule has 1 aliphatic heterocycles. The summed E-state index contributed by atoms with van der Waals surface area (Å²) in [5.74, 6) is 1.60. The minimum atomic E-state index is -0.904. The van der Waals surface area contributed by atoms with Gasteiger partial charge in [0, 0.05) is 16.9 Å². The molecule has 1 heterocycles. The molecular formula is C24H30O6S. The van der Waals surface area contributed by atoms with Gasteiger partial charge in [-0.15, -0.1) is 18.3 Å². The topological polar surface area (TPSA) is 55.4 Å². The fourth-order valence-electron chi connectivity index (χ4n) is 3.81. The first-order chi connectivity index (χ1) is 15.0. The molecule has 6 nitrogen and oxygen atoms in total. The van der Waals surface area contributed by atoms with Crippen molar-refractivity contribution < 1.29 is 28.4 Å². The molecule has 0 bridgehead atoms. The molecule has 0 radical (unpaired) electrons. The van der Waals surface area contributed by atoms with E-state index in [1.807, 2.05) is 30.5 Å². The van der Waals surface area contributed by atoms with Crippen molar-refractivity contribution in [2.24, 2.45) is 0 Å². The molecule has 0 saturated carbocycles. The summed E-state index contributed by atoms with van der Waals surface area (Å²) in [6.07, 6.45) is 5.00. The highest BCUT2D eigenvalue weighted by atomic mass is 32.2. The first-order valence-corrected chi connectivity index (χ1v) is 11.2. The maximum absolute atomic E-state index is 6.61. The van der Waals surface area contributed by atoms with E-state index >= 15 is 0 Å². The molecule has 2 unspecified atom stereocenters. The molecule has 0 aromatic heterocycles. The third-order valence-electron chi connectivity index (χ3n) is 5.35. The molecular weight excluding hydrogens is 416 g/mol. The highest BCUT2D eigenvalue weighted by Gasteiger charge is 2.44. The zero-order valence-corrected chi connectivity index (χ0v) is 19.5. The fraction of sp³-hybridized carbons (Fsp3) is 0.417. The molecule has 31 heavy (non-hydrogen) atoms. The van der Waals surface area contributed by atoms with Gasteiger partial charge in [0.2, 0.25) is 5.75 Å². The van der Waals surface area contributed by atoms with Crippen LogP contribution in [0.3, 0.4) is 0 Å². The summed E-state index contributed by atoms with van der Waals surface area (Å²) in [5.41, 5.74) is 1.86. The smallest absolute Gasteiger partial charge is 0.203 e. The van der Waals surface area contributed by atoms with Crippen LogP contribution in [0, 0.1) is 0 Å². The molecule has 0 N–H and O–H groups in total. The van der Waals surface area contributed by atoms with Gasteiger partial charge in [-0.2, -0.15) is 0 Å². The lowest BCUT2D eigenvalue weighted by atomic mass is 10.00. The number of ether oxygens (including phenoxy) is 6. The van der Waals surface area contributed by atoms with E-state index in [-0.39, 0.29) is 6.10 Å². The van der Waals surface area contributed by atoms with Crippen LogP contribution in [-0.2, 0) is 15.3 Å². The Kier molecular flexibility index (Phi) is 7.75. The van der Waals surface area contributed by atoms with E-state index in [1.165, 1.54) is 0 Å². The minimum Gasteiger partial charge on any atom is -0.497 e. The Labute approximate surface area is 188 Å². The number of rotatable bonds is 10. The number of methoxy groups -OCH3 is 4. The second kappa shape index (κ2) is 10.3. The van der Waals surface area contributed by atoms with E-state index in [1.54, 1.807) is 46.3 Å². The van der Waals surface area contributed by atoms with Crippen LogP contribution in [-0.4, -0.2) is 41.3 Å². The van der Waals surface area contributed by atoms with Gasteiger partial charge in [-0.25, -0.2) is 0 Å². The molecule has 3 rings (SSSR count). The fourth-order valence-corrected chi connectivity index (χ4v) is 4.29. The predicted molar refractivity (Wildman–Crippen MR) is 122 cm³/mol. The Morgan fingerprint density at radius 2 is 1.74 bits per heavy atom. The Morgan fingerprint density at radius 1 is 1.03 bits per heavy atom. The van der Waals surface area contributed by atoms with Crippen LogP contribution in [0.1, 0.15) is 30.1 Å². The van der Waals surface area contributed by atoms with Crippen molar-refractivity contribution in [3.8, 4) is 23.0 Å². The number of thioether (sulfide) groups is 1. The van der Waals surface area contributed by atoms with E-state index in [9.17, 15) is 0 Å². The summed E-state index contributed by atoms with van der Waals surface area (Å²) < 4.78 is 34.8. The van der Waals surface area contributed by atoms with E-state index in [2.05, 4.69) is 12.6 Å². The van der Waals surface area contributed by atoms with Crippen molar-refractivity contribution in [3.63, 3.8) is 0 Å². The molecule has 1 fully saturated rings. The van der Waals surface area contributed by atoms with Gasteiger partial charge in [0.1, 0.15) is 5.75 Å². The highest BCUT2D eigenvalue weighted by molar-refractivity contribution is 7.98. The molecule has 7 heteroatoms. The Bertz CT molecular complexity index is 868. The van der Waals surface area contributed by atoms with Crippen LogP contribution in [0.5, 0.6) is 23.0 Å². The summed E-state index contributed by atoms with van der Waals surface area (Å²) in [6, 6.07) is 9.91. The van der Waals surface area contributed by atoms with Crippen molar-refractivity contribution >= 4 is 11.8 Å². The lowest BCUT2D eigenvalue weighted by Crippen LogP contribution is -2.29. The van der Waals surface area contributed by atoms with E-state index in [4.69, 9.17) is 28.4 Å². The van der Waals surface area contributed by atoms with Crippen molar-refractivity contribution in [2.45, 2.75) is 29.6 Å². The molecule has 1 aliphatic rings. The number of hydrogen-bond donors (Lipinski definition) is 0. The molecule has 0 aliphatic carbocycles. The average Bonchev–Trinajstić information content (AvgIpc) is 3.26. The van der Waals surface area contributed by atoms with Crippen molar-refractivity contribution in [1.82, 2.24) is 0 Å². The molecule has 0 spiro atoms. The quantitative estimate of drug-likeness (QED) is 0.360. The molecule has 168 valence electrons. The van der Waals surface area contributed by atoms with Crippen LogP contribution in [0.2, 0.25) is 0 Å². The number of benzene rings is 2. The summed E-state index contributed by atoms with van der Waals surface area (Å²) in [5, 5.41) is 0. The normalized spacial score (nSPS) is 20.4. The molecule has 1 saturated heterocycles. The van der Waals surface area contributed by atoms with Crippen LogP contribution in [0.25, 0.3) is 0 Å². The monoisotopic (exact) mass is 446 g/mol. The lowest BCUT2D eigenvalue weighted by molar-refractivity contribution is -0.231. The van der Waals surface area contributed by atoms with Gasteiger partial charge in [0.25, 0.3) is 0 Å². The average molecular weight is 447 g/mol. The van der Waals surface area contributed by atoms with E-state index in [0.717, 1.165) is 28.2 Å². The number of hydrogen-bond acceptors (Lipinski definition) is 7. The summed E-state index contributed by atoms with van der Waals surface area (Å²) >= 11 is 1.65. The van der Waals surface area contributed by atoms with Gasteiger partial charge in [-0.1, -0.05) is 6.08 Å². The minimum absolute atomic E-state index is 0.206. The highest BCUT2D eigenvalue weighted by Crippen LogP contribution is 2.50. The van der Waals surface area contributed by atoms with Gasteiger partial charge < -0.3 is 28.4 Å². The third-order valence-corrected chi connectivity index (χ3v) is 6.06. The first-order valence-electron chi connectivity index (χ1n) is 10.00. The molecule has 2 aromatic rings.